The zero-order valence-corrected chi connectivity index (χ0v) is 7.18. The van der Waals surface area contributed by atoms with Crippen LogP contribution in [0.2, 0.25) is 0 Å². The molecule has 2 aromatic rings. The van der Waals surface area contributed by atoms with E-state index in [9.17, 15) is 4.79 Å². The van der Waals surface area contributed by atoms with Gasteiger partial charge in [0.15, 0.2) is 0 Å². The summed E-state index contributed by atoms with van der Waals surface area (Å²) in [5.41, 5.74) is 5.75. The number of hydrogen-bond donors (Lipinski definition) is 1. The number of hydrogen-bond acceptors (Lipinski definition) is 4. The third kappa shape index (κ3) is 1.47. The van der Waals surface area contributed by atoms with Crippen molar-refractivity contribution in [1.29, 1.82) is 0 Å². The highest BCUT2D eigenvalue weighted by Crippen LogP contribution is 2.14. The minimum absolute atomic E-state index is 0.177. The van der Waals surface area contributed by atoms with Crippen molar-refractivity contribution in [2.75, 3.05) is 0 Å². The maximum atomic E-state index is 10.7. The summed E-state index contributed by atoms with van der Waals surface area (Å²) < 4.78 is 4.64. The van der Waals surface area contributed by atoms with E-state index in [0.717, 1.165) is 5.56 Å². The summed E-state index contributed by atoms with van der Waals surface area (Å²) in [7, 11) is 0. The fourth-order valence-corrected chi connectivity index (χ4v) is 1.03. The van der Waals surface area contributed by atoms with Crippen LogP contribution >= 0.6 is 0 Å². The molecular weight excluding hydrogens is 182 g/mol. The molecule has 0 spiro atoms. The molecule has 5 heteroatoms. The predicted molar refractivity (Wildman–Crippen MR) is 48.3 cm³/mol. The number of primary amides is 1. The van der Waals surface area contributed by atoms with E-state index in [1.54, 1.807) is 0 Å². The molecule has 0 atom stereocenters. The van der Waals surface area contributed by atoms with Gasteiger partial charge in [-0.1, -0.05) is 35.5 Å². The van der Waals surface area contributed by atoms with Crippen molar-refractivity contribution in [2.45, 2.75) is 0 Å². The van der Waals surface area contributed by atoms with Crippen molar-refractivity contribution in [2.24, 2.45) is 5.73 Å². The van der Waals surface area contributed by atoms with Crippen molar-refractivity contribution >= 4 is 5.91 Å². The lowest BCUT2D eigenvalue weighted by atomic mass is 10.2. The molecule has 0 fully saturated rings. The molecule has 2 N–H and O–H groups in total. The molecule has 70 valence electrons. The van der Waals surface area contributed by atoms with Crippen LogP contribution in [-0.4, -0.2) is 16.0 Å². The zero-order valence-electron chi connectivity index (χ0n) is 7.18. The molecule has 0 bridgehead atoms. The van der Waals surface area contributed by atoms with Crippen LogP contribution in [0.3, 0.4) is 0 Å². The smallest absolute Gasteiger partial charge is 0.316 e. The highest BCUT2D eigenvalue weighted by molar-refractivity contribution is 5.88. The van der Waals surface area contributed by atoms with Gasteiger partial charge in [-0.25, -0.2) is 0 Å². The fraction of sp³-hybridized carbons (Fsp3) is 0. The lowest BCUT2D eigenvalue weighted by Crippen LogP contribution is -2.10. The molecule has 0 saturated heterocycles. The van der Waals surface area contributed by atoms with Gasteiger partial charge in [0.05, 0.1) is 0 Å². The monoisotopic (exact) mass is 189 g/mol. The number of aromatic nitrogens is 2. The van der Waals surface area contributed by atoms with Crippen molar-refractivity contribution < 1.29 is 9.32 Å². The Kier molecular flexibility index (Phi) is 1.98. The van der Waals surface area contributed by atoms with Crippen LogP contribution in [0.15, 0.2) is 34.9 Å². The van der Waals surface area contributed by atoms with Crippen LogP contribution in [0.25, 0.3) is 11.4 Å². The van der Waals surface area contributed by atoms with Gasteiger partial charge in [0.2, 0.25) is 5.82 Å². The number of rotatable bonds is 2. The molecule has 0 radical (unpaired) electrons. The van der Waals surface area contributed by atoms with E-state index < -0.39 is 5.91 Å². The van der Waals surface area contributed by atoms with Gasteiger partial charge in [0.1, 0.15) is 0 Å². The second kappa shape index (κ2) is 3.29. The average Bonchev–Trinajstić information content (AvgIpc) is 2.68. The van der Waals surface area contributed by atoms with E-state index in [0.29, 0.717) is 5.82 Å². The molecule has 0 aliphatic carbocycles. The lowest BCUT2D eigenvalue weighted by molar-refractivity contribution is 0.0958. The van der Waals surface area contributed by atoms with Gasteiger partial charge in [-0.2, -0.15) is 4.98 Å². The Labute approximate surface area is 79.5 Å². The number of nitrogens with two attached hydrogens (primary N) is 1. The first-order valence-electron chi connectivity index (χ1n) is 3.96. The molecular formula is C9H7N3O2. The maximum Gasteiger partial charge on any atom is 0.316 e. The number of amides is 1. The highest BCUT2D eigenvalue weighted by atomic mass is 16.5. The third-order valence-corrected chi connectivity index (χ3v) is 1.67. The summed E-state index contributed by atoms with van der Waals surface area (Å²) in [4.78, 5) is 14.5. The largest absolute Gasteiger partial charge is 0.361 e. The van der Waals surface area contributed by atoms with Crippen LogP contribution in [0.5, 0.6) is 0 Å². The summed E-state index contributed by atoms with van der Waals surface area (Å²) in [6.45, 7) is 0. The molecule has 0 aliphatic heterocycles. The second-order valence-corrected chi connectivity index (χ2v) is 2.65. The van der Waals surface area contributed by atoms with E-state index in [4.69, 9.17) is 5.73 Å². The molecule has 2 rings (SSSR count). The van der Waals surface area contributed by atoms with Gasteiger partial charge < -0.3 is 10.3 Å². The van der Waals surface area contributed by atoms with Crippen molar-refractivity contribution in [3.8, 4) is 11.4 Å². The molecule has 0 unspecified atom stereocenters. The molecule has 0 aliphatic rings. The molecule has 1 aromatic carbocycles. The van der Waals surface area contributed by atoms with Gasteiger partial charge in [0, 0.05) is 5.56 Å². The summed E-state index contributed by atoms with van der Waals surface area (Å²) in [5, 5.41) is 3.62. The third-order valence-electron chi connectivity index (χ3n) is 1.67. The van der Waals surface area contributed by atoms with Crippen molar-refractivity contribution in [1.82, 2.24) is 10.1 Å². The zero-order chi connectivity index (χ0) is 9.97. The minimum atomic E-state index is -0.723. The van der Waals surface area contributed by atoms with Crippen molar-refractivity contribution in [3.05, 3.63) is 36.2 Å². The van der Waals surface area contributed by atoms with E-state index in [1.807, 2.05) is 30.3 Å². The van der Waals surface area contributed by atoms with Gasteiger partial charge in [0.25, 0.3) is 0 Å². The first-order chi connectivity index (χ1) is 6.77. The topological polar surface area (TPSA) is 82.0 Å². The van der Waals surface area contributed by atoms with Gasteiger partial charge in [-0.3, -0.25) is 4.79 Å². The molecule has 5 nitrogen and oxygen atoms in total. The van der Waals surface area contributed by atoms with E-state index >= 15 is 0 Å². The van der Waals surface area contributed by atoms with Gasteiger partial charge in [-0.15, -0.1) is 0 Å². The minimum Gasteiger partial charge on any atom is -0.361 e. The quantitative estimate of drug-likeness (QED) is 0.758. The average molecular weight is 189 g/mol. The Morgan fingerprint density at radius 3 is 2.57 bits per heavy atom. The van der Waals surface area contributed by atoms with Gasteiger partial charge >= 0.3 is 11.8 Å². The number of nitrogens with zero attached hydrogens (tertiary/aromatic N) is 2. The van der Waals surface area contributed by atoms with E-state index in [-0.39, 0.29) is 5.89 Å². The SMILES string of the molecule is NC(=O)c1nc(-c2ccccc2)no1. The van der Waals surface area contributed by atoms with Crippen LogP contribution in [-0.2, 0) is 0 Å². The maximum absolute atomic E-state index is 10.7. The molecule has 1 amide bonds. The summed E-state index contributed by atoms with van der Waals surface area (Å²) in [6.07, 6.45) is 0. The second-order valence-electron chi connectivity index (χ2n) is 2.65. The highest BCUT2D eigenvalue weighted by Gasteiger charge is 2.11. The molecule has 1 heterocycles. The number of carbonyl (C=O) groups excluding carboxylic acids is 1. The standard InChI is InChI=1S/C9H7N3O2/c10-7(13)9-11-8(12-14-9)6-4-2-1-3-5-6/h1-5H,(H2,10,13). The Bertz CT molecular complexity index is 450. The number of carbonyl (C=O) groups is 1. The van der Waals surface area contributed by atoms with Gasteiger partial charge in [-0.05, 0) is 0 Å². The fourth-order valence-electron chi connectivity index (χ4n) is 1.03. The van der Waals surface area contributed by atoms with E-state index in [1.165, 1.54) is 0 Å². The van der Waals surface area contributed by atoms with Crippen LogP contribution in [0, 0.1) is 0 Å². The normalized spacial score (nSPS) is 10.0. The molecule has 0 saturated carbocycles. The summed E-state index contributed by atoms with van der Waals surface area (Å²) >= 11 is 0. The lowest BCUT2D eigenvalue weighted by Gasteiger charge is -1.89. The van der Waals surface area contributed by atoms with Crippen LogP contribution < -0.4 is 5.73 Å². The summed E-state index contributed by atoms with van der Waals surface area (Å²) in [6, 6.07) is 9.19. The molecule has 1 aromatic heterocycles. The first kappa shape index (κ1) is 8.43. The van der Waals surface area contributed by atoms with Crippen LogP contribution in [0.4, 0.5) is 0 Å². The Morgan fingerprint density at radius 2 is 2.00 bits per heavy atom. The Hall–Kier alpha value is -2.17. The summed E-state index contributed by atoms with van der Waals surface area (Å²) in [5.74, 6) is -0.539. The predicted octanol–water partition coefficient (Wildman–Crippen LogP) is 0.836. The Morgan fingerprint density at radius 1 is 1.29 bits per heavy atom. The van der Waals surface area contributed by atoms with E-state index in [2.05, 4.69) is 14.7 Å². The Balaban J connectivity index is 2.39. The van der Waals surface area contributed by atoms with Crippen molar-refractivity contribution in [3.63, 3.8) is 0 Å². The first-order valence-corrected chi connectivity index (χ1v) is 3.96. The number of benzene rings is 1. The van der Waals surface area contributed by atoms with Crippen LogP contribution in [0.1, 0.15) is 10.7 Å². The molecule has 14 heavy (non-hydrogen) atoms.